The number of nitrogens with two attached hydrogens (primary N) is 1. The van der Waals surface area contributed by atoms with Crippen molar-refractivity contribution in [1.82, 2.24) is 0 Å². The molecule has 4 heteroatoms. The maximum Gasteiger partial charge on any atom is 0.144 e. The van der Waals surface area contributed by atoms with Crippen molar-refractivity contribution in [3.8, 4) is 0 Å². The van der Waals surface area contributed by atoms with E-state index in [2.05, 4.69) is 15.9 Å². The summed E-state index contributed by atoms with van der Waals surface area (Å²) in [5.74, 6) is -0.122. The number of ketones is 1. The molecule has 0 amide bonds. The second-order valence-corrected chi connectivity index (χ2v) is 5.54. The van der Waals surface area contributed by atoms with Crippen molar-refractivity contribution < 1.29 is 9.18 Å². The third-order valence-electron chi connectivity index (χ3n) is 3.64. The highest BCUT2D eigenvalue weighted by molar-refractivity contribution is 9.10. The van der Waals surface area contributed by atoms with Crippen LogP contribution in [-0.4, -0.2) is 12.3 Å². The average molecular weight is 300 g/mol. The minimum atomic E-state index is -0.307. The SMILES string of the molecule is NCC1(C(=O)Cc2ccc(F)c(Br)c2)CCC1. The Morgan fingerprint density at radius 1 is 1.47 bits per heavy atom. The number of halogens is 2. The van der Waals surface area contributed by atoms with Crippen molar-refractivity contribution in [2.24, 2.45) is 11.1 Å². The second kappa shape index (κ2) is 4.86. The Morgan fingerprint density at radius 2 is 2.18 bits per heavy atom. The van der Waals surface area contributed by atoms with Gasteiger partial charge in [0, 0.05) is 18.4 Å². The van der Waals surface area contributed by atoms with E-state index in [0.717, 1.165) is 24.8 Å². The summed E-state index contributed by atoms with van der Waals surface area (Å²) in [6, 6.07) is 4.69. The lowest BCUT2D eigenvalue weighted by Crippen LogP contribution is -2.45. The molecule has 92 valence electrons. The van der Waals surface area contributed by atoms with E-state index in [9.17, 15) is 9.18 Å². The van der Waals surface area contributed by atoms with Crippen molar-refractivity contribution in [2.75, 3.05) is 6.54 Å². The predicted molar refractivity (Wildman–Crippen MR) is 68.1 cm³/mol. The molecule has 0 aliphatic heterocycles. The van der Waals surface area contributed by atoms with Gasteiger partial charge in [0.15, 0.2) is 0 Å². The van der Waals surface area contributed by atoms with E-state index in [4.69, 9.17) is 5.73 Å². The molecule has 0 atom stereocenters. The van der Waals surface area contributed by atoms with Gasteiger partial charge in [-0.3, -0.25) is 4.79 Å². The quantitative estimate of drug-likeness (QED) is 0.929. The first-order valence-electron chi connectivity index (χ1n) is 5.75. The first kappa shape index (κ1) is 12.7. The molecule has 0 radical (unpaired) electrons. The molecule has 17 heavy (non-hydrogen) atoms. The zero-order valence-electron chi connectivity index (χ0n) is 9.51. The van der Waals surface area contributed by atoms with Crippen LogP contribution in [0.15, 0.2) is 22.7 Å². The van der Waals surface area contributed by atoms with E-state index in [1.165, 1.54) is 6.07 Å². The van der Waals surface area contributed by atoms with Gasteiger partial charge in [-0.05, 0) is 46.5 Å². The number of benzene rings is 1. The zero-order chi connectivity index (χ0) is 12.5. The van der Waals surface area contributed by atoms with Crippen molar-refractivity contribution in [3.63, 3.8) is 0 Å². The van der Waals surface area contributed by atoms with Gasteiger partial charge in [-0.25, -0.2) is 4.39 Å². The van der Waals surface area contributed by atoms with E-state index in [1.807, 2.05) is 0 Å². The van der Waals surface area contributed by atoms with Crippen LogP contribution in [0.5, 0.6) is 0 Å². The Morgan fingerprint density at radius 3 is 2.65 bits per heavy atom. The molecule has 0 aromatic heterocycles. The summed E-state index contributed by atoms with van der Waals surface area (Å²) in [5, 5.41) is 0. The first-order chi connectivity index (χ1) is 8.07. The van der Waals surface area contributed by atoms with Crippen molar-refractivity contribution in [1.29, 1.82) is 0 Å². The highest BCUT2D eigenvalue weighted by Crippen LogP contribution is 2.41. The smallest absolute Gasteiger partial charge is 0.144 e. The average Bonchev–Trinajstić information content (AvgIpc) is 2.23. The van der Waals surface area contributed by atoms with Gasteiger partial charge >= 0.3 is 0 Å². The van der Waals surface area contributed by atoms with Crippen molar-refractivity contribution >= 4 is 21.7 Å². The van der Waals surface area contributed by atoms with Gasteiger partial charge in [-0.1, -0.05) is 12.5 Å². The predicted octanol–water partition coefficient (Wildman–Crippen LogP) is 2.83. The summed E-state index contributed by atoms with van der Waals surface area (Å²) in [4.78, 5) is 12.2. The third kappa shape index (κ3) is 2.43. The lowest BCUT2D eigenvalue weighted by molar-refractivity contribution is -0.132. The molecular formula is C13H15BrFNO. The van der Waals surface area contributed by atoms with Crippen LogP contribution in [0.25, 0.3) is 0 Å². The summed E-state index contributed by atoms with van der Waals surface area (Å²) in [5.41, 5.74) is 6.22. The van der Waals surface area contributed by atoms with Gasteiger partial charge in [-0.15, -0.1) is 0 Å². The molecule has 0 bridgehead atoms. The lowest BCUT2D eigenvalue weighted by Gasteiger charge is -2.39. The molecule has 1 aliphatic rings. The summed E-state index contributed by atoms with van der Waals surface area (Å²) in [6.07, 6.45) is 3.21. The molecule has 1 saturated carbocycles. The zero-order valence-corrected chi connectivity index (χ0v) is 11.1. The summed E-state index contributed by atoms with van der Waals surface area (Å²) in [7, 11) is 0. The minimum Gasteiger partial charge on any atom is -0.329 e. The summed E-state index contributed by atoms with van der Waals surface area (Å²) in [6.45, 7) is 0.425. The Bertz CT molecular complexity index is 438. The van der Waals surface area contributed by atoms with Crippen LogP contribution in [0, 0.1) is 11.2 Å². The van der Waals surface area contributed by atoms with Gasteiger partial charge in [-0.2, -0.15) is 0 Å². The van der Waals surface area contributed by atoms with Crippen LogP contribution in [0.2, 0.25) is 0 Å². The highest BCUT2D eigenvalue weighted by Gasteiger charge is 2.41. The molecule has 2 N–H and O–H groups in total. The molecule has 1 aliphatic carbocycles. The third-order valence-corrected chi connectivity index (χ3v) is 4.25. The van der Waals surface area contributed by atoms with Crippen molar-refractivity contribution in [3.05, 3.63) is 34.1 Å². The molecule has 1 aromatic carbocycles. The normalized spacial score (nSPS) is 17.6. The molecule has 0 saturated heterocycles. The maximum absolute atomic E-state index is 13.1. The molecule has 0 spiro atoms. The van der Waals surface area contributed by atoms with Crippen LogP contribution < -0.4 is 5.73 Å². The first-order valence-corrected chi connectivity index (χ1v) is 6.54. The van der Waals surface area contributed by atoms with Gasteiger partial charge in [0.1, 0.15) is 11.6 Å². The van der Waals surface area contributed by atoms with E-state index in [-0.39, 0.29) is 17.0 Å². The molecular weight excluding hydrogens is 285 g/mol. The van der Waals surface area contributed by atoms with Gasteiger partial charge in [0.2, 0.25) is 0 Å². The summed E-state index contributed by atoms with van der Waals surface area (Å²) >= 11 is 3.12. The van der Waals surface area contributed by atoms with E-state index in [0.29, 0.717) is 17.4 Å². The molecule has 0 heterocycles. The molecule has 1 aromatic rings. The van der Waals surface area contributed by atoms with Crippen molar-refractivity contribution in [2.45, 2.75) is 25.7 Å². The minimum absolute atomic E-state index is 0.185. The monoisotopic (exact) mass is 299 g/mol. The molecule has 0 unspecified atom stereocenters. The van der Waals surface area contributed by atoms with E-state index >= 15 is 0 Å². The Balaban J connectivity index is 2.10. The highest BCUT2D eigenvalue weighted by atomic mass is 79.9. The number of carbonyl (C=O) groups is 1. The number of hydrogen-bond acceptors (Lipinski definition) is 2. The van der Waals surface area contributed by atoms with Gasteiger partial charge in [0.05, 0.1) is 4.47 Å². The molecule has 1 fully saturated rings. The summed E-state index contributed by atoms with van der Waals surface area (Å²) < 4.78 is 13.5. The van der Waals surface area contributed by atoms with E-state index in [1.54, 1.807) is 12.1 Å². The fourth-order valence-corrected chi connectivity index (χ4v) is 2.65. The molecule has 2 nitrogen and oxygen atoms in total. The number of Topliss-reactive ketones (excluding diaryl/α,β-unsaturated/α-hetero) is 1. The Hall–Kier alpha value is -0.740. The fraction of sp³-hybridized carbons (Fsp3) is 0.462. The van der Waals surface area contributed by atoms with Crippen LogP contribution in [0.4, 0.5) is 4.39 Å². The standard InChI is InChI=1S/C13H15BrFNO/c14-10-6-9(2-3-11(10)15)7-12(17)13(8-16)4-1-5-13/h2-3,6H,1,4-5,7-8,16H2. The van der Waals surface area contributed by atoms with Gasteiger partial charge in [0.25, 0.3) is 0 Å². The fourth-order valence-electron chi connectivity index (χ4n) is 2.22. The number of hydrogen-bond donors (Lipinski definition) is 1. The topological polar surface area (TPSA) is 43.1 Å². The number of carbonyl (C=O) groups excluding carboxylic acids is 1. The Kier molecular flexibility index (Phi) is 3.64. The van der Waals surface area contributed by atoms with Crippen LogP contribution in [-0.2, 0) is 11.2 Å². The lowest BCUT2D eigenvalue weighted by atomic mass is 9.65. The number of rotatable bonds is 4. The van der Waals surface area contributed by atoms with Crippen LogP contribution >= 0.6 is 15.9 Å². The molecule has 2 rings (SSSR count). The second-order valence-electron chi connectivity index (χ2n) is 4.69. The Labute approximate surface area is 109 Å². The van der Waals surface area contributed by atoms with Crippen LogP contribution in [0.1, 0.15) is 24.8 Å². The van der Waals surface area contributed by atoms with Gasteiger partial charge < -0.3 is 5.73 Å². The largest absolute Gasteiger partial charge is 0.329 e. The van der Waals surface area contributed by atoms with E-state index < -0.39 is 0 Å². The maximum atomic E-state index is 13.1. The van der Waals surface area contributed by atoms with Crippen LogP contribution in [0.3, 0.4) is 0 Å².